The zero-order valence-electron chi connectivity index (χ0n) is 11.1. The summed E-state index contributed by atoms with van der Waals surface area (Å²) in [6.45, 7) is 6.60. The average Bonchev–Trinajstić information content (AvgIpc) is 2.96. The van der Waals surface area contributed by atoms with Gasteiger partial charge in [0.25, 0.3) is 0 Å². The van der Waals surface area contributed by atoms with Crippen LogP contribution in [0.2, 0.25) is 0 Å². The predicted molar refractivity (Wildman–Crippen MR) is 67.9 cm³/mol. The number of carbonyl (C=O) groups excluding carboxylic acids is 1. The number of carbonyl (C=O) groups is 1. The highest BCUT2D eigenvalue weighted by Gasteiger charge is 2.28. The van der Waals surface area contributed by atoms with Gasteiger partial charge >= 0.3 is 0 Å². The van der Waals surface area contributed by atoms with Crippen LogP contribution in [-0.4, -0.2) is 63.7 Å². The lowest BCUT2D eigenvalue weighted by atomic mass is 10.1. The maximum Gasteiger partial charge on any atom is 0.222 e. The Morgan fingerprint density at radius 2 is 2.17 bits per heavy atom. The molecule has 0 saturated carbocycles. The molecule has 1 saturated heterocycles. The van der Waals surface area contributed by atoms with Crippen LogP contribution in [0.3, 0.4) is 0 Å². The van der Waals surface area contributed by atoms with Crippen molar-refractivity contribution in [3.63, 3.8) is 0 Å². The predicted octanol–water partition coefficient (Wildman–Crippen LogP) is 0.0783. The summed E-state index contributed by atoms with van der Waals surface area (Å²) in [4.78, 5) is 15.8. The molecule has 0 bridgehead atoms. The minimum absolute atomic E-state index is 0.301. The molecule has 0 aliphatic carbocycles. The molecule has 100 valence electrons. The molecule has 6 heteroatoms. The first-order chi connectivity index (χ1) is 8.69. The van der Waals surface area contributed by atoms with Gasteiger partial charge in [-0.1, -0.05) is 0 Å². The Kier molecular flexibility index (Phi) is 4.30. The molecular formula is C12H21N5O. The van der Waals surface area contributed by atoms with E-state index in [-0.39, 0.29) is 0 Å². The van der Waals surface area contributed by atoms with Gasteiger partial charge in [-0.25, -0.2) is 0 Å². The Labute approximate surface area is 108 Å². The molecule has 1 aliphatic heterocycles. The fourth-order valence-electron chi connectivity index (χ4n) is 2.44. The van der Waals surface area contributed by atoms with E-state index in [1.54, 1.807) is 12.7 Å². The van der Waals surface area contributed by atoms with Crippen molar-refractivity contribution >= 4 is 5.91 Å². The SMILES string of the molecule is CCN1CC(CN(C)CCn2cnnc2)CC1=O. The van der Waals surface area contributed by atoms with E-state index in [0.29, 0.717) is 18.2 Å². The van der Waals surface area contributed by atoms with Crippen LogP contribution in [0.4, 0.5) is 0 Å². The van der Waals surface area contributed by atoms with Crippen molar-refractivity contribution in [1.29, 1.82) is 0 Å². The molecule has 0 spiro atoms. The van der Waals surface area contributed by atoms with Crippen molar-refractivity contribution in [3.05, 3.63) is 12.7 Å². The molecule has 0 aromatic carbocycles. The van der Waals surface area contributed by atoms with Gasteiger partial charge in [0.2, 0.25) is 5.91 Å². The normalized spacial score (nSPS) is 20.1. The van der Waals surface area contributed by atoms with Crippen molar-refractivity contribution < 1.29 is 4.79 Å². The molecule has 1 fully saturated rings. The lowest BCUT2D eigenvalue weighted by molar-refractivity contribution is -0.127. The minimum atomic E-state index is 0.301. The molecular weight excluding hydrogens is 230 g/mol. The average molecular weight is 251 g/mol. The summed E-state index contributed by atoms with van der Waals surface area (Å²) in [6.07, 6.45) is 4.16. The third kappa shape index (κ3) is 3.29. The number of aromatic nitrogens is 3. The van der Waals surface area contributed by atoms with Crippen LogP contribution < -0.4 is 0 Å². The van der Waals surface area contributed by atoms with E-state index in [9.17, 15) is 4.79 Å². The van der Waals surface area contributed by atoms with E-state index >= 15 is 0 Å². The molecule has 2 heterocycles. The number of amides is 1. The van der Waals surface area contributed by atoms with E-state index in [2.05, 4.69) is 22.1 Å². The topological polar surface area (TPSA) is 54.3 Å². The van der Waals surface area contributed by atoms with Crippen LogP contribution in [0.1, 0.15) is 13.3 Å². The van der Waals surface area contributed by atoms with Gasteiger partial charge in [-0.15, -0.1) is 10.2 Å². The van der Waals surface area contributed by atoms with Gasteiger partial charge in [0.1, 0.15) is 12.7 Å². The fourth-order valence-corrected chi connectivity index (χ4v) is 2.44. The van der Waals surface area contributed by atoms with Gasteiger partial charge in [-0.3, -0.25) is 4.79 Å². The lowest BCUT2D eigenvalue weighted by Crippen LogP contribution is -2.30. The smallest absolute Gasteiger partial charge is 0.222 e. The number of rotatable bonds is 6. The summed E-state index contributed by atoms with van der Waals surface area (Å²) in [5, 5.41) is 7.55. The second-order valence-electron chi connectivity index (χ2n) is 4.96. The van der Waals surface area contributed by atoms with Crippen molar-refractivity contribution in [1.82, 2.24) is 24.6 Å². The van der Waals surface area contributed by atoms with E-state index in [1.165, 1.54) is 0 Å². The van der Waals surface area contributed by atoms with Gasteiger partial charge in [-0.05, 0) is 19.9 Å². The fraction of sp³-hybridized carbons (Fsp3) is 0.750. The highest BCUT2D eigenvalue weighted by atomic mass is 16.2. The van der Waals surface area contributed by atoms with Crippen LogP contribution >= 0.6 is 0 Å². The summed E-state index contributed by atoms with van der Waals surface area (Å²) in [6, 6.07) is 0. The summed E-state index contributed by atoms with van der Waals surface area (Å²) in [5.74, 6) is 0.776. The van der Waals surface area contributed by atoms with Crippen molar-refractivity contribution in [3.8, 4) is 0 Å². The standard InChI is InChI=1S/C12H21N5O/c1-3-17-8-11(6-12(17)18)7-15(2)4-5-16-9-13-14-10-16/h9-11H,3-8H2,1-2H3. The largest absolute Gasteiger partial charge is 0.343 e. The monoisotopic (exact) mass is 251 g/mol. The molecule has 1 aromatic heterocycles. The highest BCUT2D eigenvalue weighted by Crippen LogP contribution is 2.17. The number of likely N-dealkylation sites (N-methyl/N-ethyl adjacent to an activating group) is 1. The van der Waals surface area contributed by atoms with Gasteiger partial charge in [-0.2, -0.15) is 0 Å². The molecule has 0 radical (unpaired) electrons. The maximum atomic E-state index is 11.6. The van der Waals surface area contributed by atoms with Crippen molar-refractivity contribution in [2.24, 2.45) is 5.92 Å². The molecule has 0 N–H and O–H groups in total. The van der Waals surface area contributed by atoms with Crippen LogP contribution in [0.15, 0.2) is 12.7 Å². The Balaban J connectivity index is 1.71. The molecule has 1 amide bonds. The quantitative estimate of drug-likeness (QED) is 0.718. The van der Waals surface area contributed by atoms with Gasteiger partial charge in [0.05, 0.1) is 0 Å². The second-order valence-corrected chi connectivity index (χ2v) is 4.96. The van der Waals surface area contributed by atoms with Crippen molar-refractivity contribution in [2.75, 3.05) is 33.2 Å². The lowest BCUT2D eigenvalue weighted by Gasteiger charge is -2.20. The van der Waals surface area contributed by atoms with E-state index in [4.69, 9.17) is 0 Å². The Hall–Kier alpha value is -1.43. The van der Waals surface area contributed by atoms with E-state index in [1.807, 2.05) is 16.4 Å². The first-order valence-corrected chi connectivity index (χ1v) is 6.47. The summed E-state index contributed by atoms with van der Waals surface area (Å²) in [7, 11) is 2.10. The summed E-state index contributed by atoms with van der Waals surface area (Å²) in [5.41, 5.74) is 0. The summed E-state index contributed by atoms with van der Waals surface area (Å²) >= 11 is 0. The number of likely N-dealkylation sites (tertiary alicyclic amines) is 1. The molecule has 2 rings (SSSR count). The molecule has 6 nitrogen and oxygen atoms in total. The highest BCUT2D eigenvalue weighted by molar-refractivity contribution is 5.78. The third-order valence-electron chi connectivity index (χ3n) is 3.45. The number of hydrogen-bond acceptors (Lipinski definition) is 4. The Bertz CT molecular complexity index is 378. The van der Waals surface area contributed by atoms with Crippen molar-refractivity contribution in [2.45, 2.75) is 19.9 Å². The van der Waals surface area contributed by atoms with Crippen LogP contribution in [0.5, 0.6) is 0 Å². The summed E-state index contributed by atoms with van der Waals surface area (Å²) < 4.78 is 1.97. The Morgan fingerprint density at radius 1 is 1.44 bits per heavy atom. The number of hydrogen-bond donors (Lipinski definition) is 0. The zero-order valence-corrected chi connectivity index (χ0v) is 11.1. The molecule has 1 aliphatic rings. The molecule has 1 unspecified atom stereocenters. The Morgan fingerprint density at radius 3 is 2.78 bits per heavy atom. The van der Waals surface area contributed by atoms with Crippen LogP contribution in [0.25, 0.3) is 0 Å². The van der Waals surface area contributed by atoms with Crippen LogP contribution in [-0.2, 0) is 11.3 Å². The first kappa shape index (κ1) is 13.0. The molecule has 18 heavy (non-hydrogen) atoms. The van der Waals surface area contributed by atoms with Crippen LogP contribution in [0, 0.1) is 5.92 Å². The van der Waals surface area contributed by atoms with E-state index < -0.39 is 0 Å². The minimum Gasteiger partial charge on any atom is -0.343 e. The molecule has 1 atom stereocenters. The molecule has 1 aromatic rings. The van der Waals surface area contributed by atoms with Gasteiger partial charge < -0.3 is 14.4 Å². The van der Waals surface area contributed by atoms with Gasteiger partial charge in [0.15, 0.2) is 0 Å². The number of nitrogens with zero attached hydrogens (tertiary/aromatic N) is 5. The first-order valence-electron chi connectivity index (χ1n) is 6.47. The second kappa shape index (κ2) is 5.95. The van der Waals surface area contributed by atoms with Gasteiger partial charge in [0, 0.05) is 39.1 Å². The third-order valence-corrected chi connectivity index (χ3v) is 3.45. The zero-order chi connectivity index (χ0) is 13.0. The van der Waals surface area contributed by atoms with E-state index in [0.717, 1.165) is 32.7 Å². The maximum absolute atomic E-state index is 11.6.